The van der Waals surface area contributed by atoms with Gasteiger partial charge in [-0.25, -0.2) is 18.0 Å². The van der Waals surface area contributed by atoms with Gasteiger partial charge in [0, 0.05) is 24.5 Å². The van der Waals surface area contributed by atoms with Crippen molar-refractivity contribution in [1.82, 2.24) is 4.98 Å². The number of carbonyl (C=O) groups excluding carboxylic acids is 1. The van der Waals surface area contributed by atoms with Gasteiger partial charge in [0.05, 0.1) is 18.4 Å². The summed E-state index contributed by atoms with van der Waals surface area (Å²) in [5.41, 5.74) is -0.570. The number of ether oxygens (including phenoxy) is 1. The zero-order valence-electron chi connectivity index (χ0n) is 13.4. The molecule has 1 saturated carbocycles. The molecular weight excluding hydrogens is 295 g/mol. The van der Waals surface area contributed by atoms with E-state index in [9.17, 15) is 18.0 Å². The van der Waals surface area contributed by atoms with E-state index in [0.29, 0.717) is 0 Å². The fourth-order valence-electron chi connectivity index (χ4n) is 2.52. The lowest BCUT2D eigenvalue weighted by Crippen LogP contribution is -2.35. The normalized spacial score (nSPS) is 18.9. The van der Waals surface area contributed by atoms with Crippen molar-refractivity contribution < 1.29 is 22.7 Å². The van der Waals surface area contributed by atoms with Crippen LogP contribution >= 0.6 is 0 Å². The van der Waals surface area contributed by atoms with Gasteiger partial charge in [0.1, 0.15) is 5.82 Å². The van der Waals surface area contributed by atoms with E-state index in [0.717, 1.165) is 6.07 Å². The molecule has 0 aliphatic heterocycles. The Bertz CT molecular complexity index is 522. The molecule has 1 aliphatic carbocycles. The van der Waals surface area contributed by atoms with Gasteiger partial charge in [0.15, 0.2) is 0 Å². The van der Waals surface area contributed by atoms with E-state index < -0.39 is 23.1 Å². The van der Waals surface area contributed by atoms with Crippen LogP contribution in [0.25, 0.3) is 0 Å². The molecule has 0 aromatic carbocycles. The summed E-state index contributed by atoms with van der Waals surface area (Å²) < 4.78 is 45.0. The van der Waals surface area contributed by atoms with Gasteiger partial charge in [-0.15, -0.1) is 0 Å². The molecule has 0 atom stereocenters. The van der Waals surface area contributed by atoms with E-state index in [-0.39, 0.29) is 36.9 Å². The van der Waals surface area contributed by atoms with Crippen molar-refractivity contribution >= 4 is 5.97 Å². The van der Waals surface area contributed by atoms with Gasteiger partial charge >= 0.3 is 5.97 Å². The molecule has 0 unspecified atom stereocenters. The van der Waals surface area contributed by atoms with Gasteiger partial charge in [-0.3, -0.25) is 4.98 Å². The molecule has 0 bridgehead atoms. The molecule has 124 valence electrons. The monoisotopic (exact) mass is 317 g/mol. The Labute approximate surface area is 128 Å². The maximum absolute atomic E-state index is 14.1. The van der Waals surface area contributed by atoms with Crippen LogP contribution in [0.3, 0.4) is 0 Å². The molecule has 1 fully saturated rings. The Kier molecular flexibility index (Phi) is 5.97. The largest absolute Gasteiger partial charge is 0.465 e. The lowest BCUT2D eigenvalue weighted by molar-refractivity contribution is -0.0506. The highest BCUT2D eigenvalue weighted by Crippen LogP contribution is 2.45. The van der Waals surface area contributed by atoms with Gasteiger partial charge in [0.2, 0.25) is 5.92 Å². The predicted molar refractivity (Wildman–Crippen MR) is 77.6 cm³/mol. The van der Waals surface area contributed by atoms with Crippen molar-refractivity contribution in [3.05, 3.63) is 29.3 Å². The quantitative estimate of drug-likeness (QED) is 0.754. The van der Waals surface area contributed by atoms with Crippen LogP contribution in [0.1, 0.15) is 62.5 Å². The summed E-state index contributed by atoms with van der Waals surface area (Å²) in [6.45, 7) is 5.73. The molecule has 1 aliphatic rings. The number of hydrogen-bond donors (Lipinski definition) is 0. The van der Waals surface area contributed by atoms with Crippen molar-refractivity contribution in [2.75, 3.05) is 7.11 Å². The second-order valence-corrected chi connectivity index (χ2v) is 5.46. The Hall–Kier alpha value is -1.59. The predicted octanol–water partition coefficient (Wildman–Crippen LogP) is 4.50. The summed E-state index contributed by atoms with van der Waals surface area (Å²) >= 11 is 0. The molecular formula is C16H22F3NO2. The van der Waals surface area contributed by atoms with E-state index in [2.05, 4.69) is 9.72 Å². The van der Waals surface area contributed by atoms with E-state index in [1.807, 2.05) is 13.8 Å². The summed E-state index contributed by atoms with van der Waals surface area (Å²) in [5, 5.41) is 0. The van der Waals surface area contributed by atoms with E-state index in [1.54, 1.807) is 6.92 Å². The molecule has 3 nitrogen and oxygen atoms in total. The second kappa shape index (κ2) is 7.11. The van der Waals surface area contributed by atoms with Crippen molar-refractivity contribution in [2.24, 2.45) is 0 Å². The van der Waals surface area contributed by atoms with Gasteiger partial charge < -0.3 is 4.74 Å². The summed E-state index contributed by atoms with van der Waals surface area (Å²) in [4.78, 5) is 15.3. The number of methoxy groups -OCH3 is 1. The third kappa shape index (κ3) is 3.99. The van der Waals surface area contributed by atoms with Crippen LogP contribution in [0.5, 0.6) is 0 Å². The fourth-order valence-corrected chi connectivity index (χ4v) is 2.52. The molecule has 2 rings (SSSR count). The average Bonchev–Trinajstić information content (AvgIpc) is 2.51. The number of carbonyl (C=O) groups is 1. The van der Waals surface area contributed by atoms with Crippen LogP contribution in [-0.4, -0.2) is 24.0 Å². The Morgan fingerprint density at radius 3 is 2.23 bits per heavy atom. The number of hydrogen-bond acceptors (Lipinski definition) is 3. The smallest absolute Gasteiger partial charge is 0.339 e. The minimum Gasteiger partial charge on any atom is -0.465 e. The summed E-state index contributed by atoms with van der Waals surface area (Å²) in [6, 6.07) is 1.05. The maximum atomic E-state index is 14.1. The molecule has 1 aromatic rings. The standard InChI is InChI=1S/C14H16F3NO2.C2H6/c1-13(3-5-14(16,17)6-4-13)11-10(15)7-9(8-18-11)12(19)20-2;1-2/h7-8H,3-6H2,1-2H3;1-2H3. The second-order valence-electron chi connectivity index (χ2n) is 5.46. The first kappa shape index (κ1) is 18.5. The van der Waals surface area contributed by atoms with Crippen LogP contribution in [0.15, 0.2) is 12.3 Å². The lowest BCUT2D eigenvalue weighted by Gasteiger charge is -2.36. The Balaban J connectivity index is 0.00000116. The van der Waals surface area contributed by atoms with Crippen LogP contribution in [0.2, 0.25) is 0 Å². The zero-order chi connectivity index (χ0) is 17.0. The highest BCUT2D eigenvalue weighted by Gasteiger charge is 2.43. The minimum atomic E-state index is -2.68. The van der Waals surface area contributed by atoms with Crippen LogP contribution in [0.4, 0.5) is 13.2 Å². The molecule has 0 radical (unpaired) electrons. The van der Waals surface area contributed by atoms with Crippen LogP contribution < -0.4 is 0 Å². The summed E-state index contributed by atoms with van der Waals surface area (Å²) in [5.74, 6) is -4.01. The summed E-state index contributed by atoms with van der Waals surface area (Å²) in [7, 11) is 1.19. The number of rotatable bonds is 2. The number of esters is 1. The molecule has 6 heteroatoms. The van der Waals surface area contributed by atoms with Gasteiger partial charge in [0.25, 0.3) is 0 Å². The first-order valence-electron chi connectivity index (χ1n) is 7.40. The lowest BCUT2D eigenvalue weighted by atomic mass is 9.72. The molecule has 0 amide bonds. The van der Waals surface area contributed by atoms with Crippen molar-refractivity contribution in [2.45, 2.75) is 57.8 Å². The third-order valence-corrected chi connectivity index (χ3v) is 3.92. The molecule has 0 N–H and O–H groups in total. The third-order valence-electron chi connectivity index (χ3n) is 3.92. The highest BCUT2D eigenvalue weighted by atomic mass is 19.3. The summed E-state index contributed by atoms with van der Waals surface area (Å²) in [6.07, 6.45) is 1.01. The Morgan fingerprint density at radius 2 is 1.77 bits per heavy atom. The van der Waals surface area contributed by atoms with Gasteiger partial charge in [-0.1, -0.05) is 20.8 Å². The molecule has 22 heavy (non-hydrogen) atoms. The number of halogens is 3. The maximum Gasteiger partial charge on any atom is 0.339 e. The van der Waals surface area contributed by atoms with Crippen LogP contribution in [-0.2, 0) is 10.2 Å². The molecule has 0 spiro atoms. The van der Waals surface area contributed by atoms with Gasteiger partial charge in [-0.2, -0.15) is 0 Å². The van der Waals surface area contributed by atoms with E-state index >= 15 is 0 Å². The number of pyridine rings is 1. The molecule has 1 aromatic heterocycles. The zero-order valence-corrected chi connectivity index (χ0v) is 13.4. The first-order valence-corrected chi connectivity index (χ1v) is 7.40. The highest BCUT2D eigenvalue weighted by molar-refractivity contribution is 5.88. The average molecular weight is 317 g/mol. The van der Waals surface area contributed by atoms with Crippen LogP contribution in [0, 0.1) is 5.82 Å². The molecule has 0 saturated heterocycles. The first-order chi connectivity index (χ1) is 10.3. The topological polar surface area (TPSA) is 39.2 Å². The van der Waals surface area contributed by atoms with E-state index in [4.69, 9.17) is 0 Å². The molecule has 1 heterocycles. The number of alkyl halides is 2. The van der Waals surface area contributed by atoms with E-state index in [1.165, 1.54) is 13.3 Å². The number of nitrogens with zero attached hydrogens (tertiary/aromatic N) is 1. The SMILES string of the molecule is CC.COC(=O)c1cnc(C2(C)CCC(F)(F)CC2)c(F)c1. The Morgan fingerprint density at radius 1 is 1.23 bits per heavy atom. The minimum absolute atomic E-state index is 0.0125. The number of aromatic nitrogens is 1. The fraction of sp³-hybridized carbons (Fsp3) is 0.625. The van der Waals surface area contributed by atoms with Gasteiger partial charge in [-0.05, 0) is 18.9 Å². The van der Waals surface area contributed by atoms with Crippen molar-refractivity contribution in [3.63, 3.8) is 0 Å². The van der Waals surface area contributed by atoms with Crippen molar-refractivity contribution in [1.29, 1.82) is 0 Å². The van der Waals surface area contributed by atoms with Crippen molar-refractivity contribution in [3.8, 4) is 0 Å².